The average molecular weight is 313 g/mol. The number of nitrogens with zero attached hydrogens (tertiary/aromatic N) is 1. The summed E-state index contributed by atoms with van der Waals surface area (Å²) in [6.45, 7) is 8.83. The number of thiazole rings is 1. The van der Waals surface area contributed by atoms with Crippen molar-refractivity contribution >= 4 is 17.4 Å². The van der Waals surface area contributed by atoms with Crippen molar-refractivity contribution in [1.29, 1.82) is 0 Å². The average Bonchev–Trinajstić information content (AvgIpc) is 2.80. The van der Waals surface area contributed by atoms with Crippen molar-refractivity contribution in [2.45, 2.75) is 52.6 Å². The summed E-state index contributed by atoms with van der Waals surface area (Å²) in [6, 6.07) is -0.242. The van der Waals surface area contributed by atoms with Crippen LogP contribution in [0.3, 0.4) is 0 Å². The van der Waals surface area contributed by atoms with Crippen molar-refractivity contribution in [1.82, 2.24) is 15.6 Å². The van der Waals surface area contributed by atoms with Crippen LogP contribution in [0.4, 0.5) is 4.79 Å². The summed E-state index contributed by atoms with van der Waals surface area (Å²) in [4.78, 5) is 17.1. The van der Waals surface area contributed by atoms with Crippen LogP contribution in [0.5, 0.6) is 0 Å². The first-order valence-electron chi connectivity index (χ1n) is 7.44. The highest BCUT2D eigenvalue weighted by Crippen LogP contribution is 2.15. The van der Waals surface area contributed by atoms with Gasteiger partial charge in [-0.25, -0.2) is 9.78 Å². The molecule has 0 aliphatic carbocycles. The standard InChI is InChI=1S/C15H27N3O2S/c1-11(2)5-7-15(4,20)10-18-14(19)16-8-6-13-17-9-12(3)21-13/h9,11,20H,5-8,10H2,1-4H3,(H2,16,18,19). The molecule has 3 N–H and O–H groups in total. The smallest absolute Gasteiger partial charge is 0.314 e. The minimum Gasteiger partial charge on any atom is -0.388 e. The maximum Gasteiger partial charge on any atom is 0.314 e. The number of hydrogen-bond acceptors (Lipinski definition) is 4. The van der Waals surface area contributed by atoms with E-state index in [4.69, 9.17) is 0 Å². The molecule has 6 heteroatoms. The van der Waals surface area contributed by atoms with Gasteiger partial charge in [0.05, 0.1) is 10.6 Å². The first-order valence-corrected chi connectivity index (χ1v) is 8.25. The monoisotopic (exact) mass is 313 g/mol. The quantitative estimate of drug-likeness (QED) is 0.690. The third kappa shape index (κ3) is 8.02. The van der Waals surface area contributed by atoms with Gasteiger partial charge >= 0.3 is 6.03 Å². The second-order valence-corrected chi connectivity index (χ2v) is 7.47. The van der Waals surface area contributed by atoms with E-state index >= 15 is 0 Å². The molecule has 0 aromatic carbocycles. The molecular weight excluding hydrogens is 286 g/mol. The van der Waals surface area contributed by atoms with E-state index in [0.717, 1.165) is 17.8 Å². The molecule has 0 saturated carbocycles. The third-order valence-electron chi connectivity index (χ3n) is 3.18. The van der Waals surface area contributed by atoms with Crippen molar-refractivity contribution < 1.29 is 9.90 Å². The Balaban J connectivity index is 2.18. The van der Waals surface area contributed by atoms with Crippen molar-refractivity contribution in [2.24, 2.45) is 5.92 Å². The molecule has 0 bridgehead atoms. The lowest BCUT2D eigenvalue weighted by Gasteiger charge is -2.24. The van der Waals surface area contributed by atoms with Gasteiger partial charge in [-0.3, -0.25) is 0 Å². The van der Waals surface area contributed by atoms with Gasteiger partial charge in [-0.15, -0.1) is 11.3 Å². The predicted molar refractivity (Wildman–Crippen MR) is 86.7 cm³/mol. The van der Waals surface area contributed by atoms with E-state index in [0.29, 0.717) is 18.9 Å². The number of nitrogens with one attached hydrogen (secondary N) is 2. The summed E-state index contributed by atoms with van der Waals surface area (Å²) >= 11 is 1.64. The largest absolute Gasteiger partial charge is 0.388 e. The number of amides is 2. The fourth-order valence-corrected chi connectivity index (χ4v) is 2.61. The first kappa shape index (κ1) is 17.9. The molecule has 0 saturated heterocycles. The van der Waals surface area contributed by atoms with Crippen molar-refractivity contribution in [3.05, 3.63) is 16.1 Å². The van der Waals surface area contributed by atoms with E-state index in [2.05, 4.69) is 29.5 Å². The highest BCUT2D eigenvalue weighted by molar-refractivity contribution is 7.11. The first-order chi connectivity index (χ1) is 9.78. The highest BCUT2D eigenvalue weighted by Gasteiger charge is 2.21. The van der Waals surface area contributed by atoms with Gasteiger partial charge in [0.15, 0.2) is 0 Å². The zero-order valence-corrected chi connectivity index (χ0v) is 14.2. The van der Waals surface area contributed by atoms with E-state index in [9.17, 15) is 9.90 Å². The Kier molecular flexibility index (Phi) is 7.11. The Labute approximate surface area is 131 Å². The van der Waals surface area contributed by atoms with Gasteiger partial charge in [0, 0.05) is 30.6 Å². The summed E-state index contributed by atoms with van der Waals surface area (Å²) in [5.41, 5.74) is -0.853. The molecule has 0 fully saturated rings. The molecule has 1 aromatic rings. The van der Waals surface area contributed by atoms with E-state index < -0.39 is 5.60 Å². The molecule has 0 radical (unpaired) electrons. The molecule has 1 rings (SSSR count). The van der Waals surface area contributed by atoms with E-state index in [1.165, 1.54) is 4.88 Å². The highest BCUT2D eigenvalue weighted by atomic mass is 32.1. The Morgan fingerprint density at radius 3 is 2.76 bits per heavy atom. The second kappa shape index (κ2) is 8.34. The second-order valence-electron chi connectivity index (χ2n) is 6.15. The van der Waals surface area contributed by atoms with Crippen LogP contribution in [0, 0.1) is 12.8 Å². The Bertz CT molecular complexity index is 444. The van der Waals surface area contributed by atoms with Gasteiger partial charge in [-0.05, 0) is 32.6 Å². The molecule has 0 aliphatic heterocycles. The lowest BCUT2D eigenvalue weighted by Crippen LogP contribution is -2.45. The normalized spacial score (nSPS) is 14.0. The number of aryl methyl sites for hydroxylation is 1. The molecule has 1 heterocycles. The SMILES string of the molecule is Cc1cnc(CCNC(=O)NCC(C)(O)CCC(C)C)s1. The number of aliphatic hydroxyl groups is 1. The summed E-state index contributed by atoms with van der Waals surface area (Å²) in [5, 5.41) is 16.7. The molecular formula is C15H27N3O2S. The van der Waals surface area contributed by atoms with Crippen LogP contribution in [0.2, 0.25) is 0 Å². The topological polar surface area (TPSA) is 74.2 Å². The van der Waals surface area contributed by atoms with Gasteiger partial charge in [-0.2, -0.15) is 0 Å². The molecule has 1 atom stereocenters. The zero-order valence-electron chi connectivity index (χ0n) is 13.4. The lowest BCUT2D eigenvalue weighted by atomic mass is 9.95. The molecule has 0 aliphatic rings. The van der Waals surface area contributed by atoms with Crippen LogP contribution in [-0.4, -0.2) is 34.8 Å². The van der Waals surface area contributed by atoms with Gasteiger partial charge in [0.1, 0.15) is 0 Å². The van der Waals surface area contributed by atoms with E-state index in [1.54, 1.807) is 18.3 Å². The van der Waals surface area contributed by atoms with Crippen molar-refractivity contribution in [2.75, 3.05) is 13.1 Å². The number of aromatic nitrogens is 1. The van der Waals surface area contributed by atoms with Crippen LogP contribution >= 0.6 is 11.3 Å². The number of rotatable bonds is 8. The van der Waals surface area contributed by atoms with Crippen molar-refractivity contribution in [3.8, 4) is 0 Å². The Morgan fingerprint density at radius 1 is 1.48 bits per heavy atom. The van der Waals surface area contributed by atoms with Gasteiger partial charge in [0.2, 0.25) is 0 Å². The van der Waals surface area contributed by atoms with Gasteiger partial charge in [-0.1, -0.05) is 13.8 Å². The minimum atomic E-state index is -0.853. The van der Waals surface area contributed by atoms with Crippen LogP contribution in [-0.2, 0) is 6.42 Å². The maximum absolute atomic E-state index is 11.7. The molecule has 1 aromatic heterocycles. The summed E-state index contributed by atoms with van der Waals surface area (Å²) in [5.74, 6) is 0.548. The summed E-state index contributed by atoms with van der Waals surface area (Å²) < 4.78 is 0. The van der Waals surface area contributed by atoms with E-state index in [1.807, 2.05) is 13.1 Å². The van der Waals surface area contributed by atoms with Gasteiger partial charge in [0.25, 0.3) is 0 Å². The zero-order chi connectivity index (χ0) is 15.9. The molecule has 0 spiro atoms. The molecule has 2 amide bonds. The fraction of sp³-hybridized carbons (Fsp3) is 0.733. The molecule has 120 valence electrons. The Morgan fingerprint density at radius 2 is 2.19 bits per heavy atom. The third-order valence-corrected chi connectivity index (χ3v) is 4.16. The van der Waals surface area contributed by atoms with Crippen LogP contribution < -0.4 is 10.6 Å². The van der Waals surface area contributed by atoms with Crippen LogP contribution in [0.15, 0.2) is 6.20 Å². The molecule has 1 unspecified atom stereocenters. The van der Waals surface area contributed by atoms with Crippen LogP contribution in [0.1, 0.15) is 43.5 Å². The van der Waals surface area contributed by atoms with E-state index in [-0.39, 0.29) is 12.6 Å². The summed E-state index contributed by atoms with van der Waals surface area (Å²) in [7, 11) is 0. The van der Waals surface area contributed by atoms with Crippen molar-refractivity contribution in [3.63, 3.8) is 0 Å². The molecule has 21 heavy (non-hydrogen) atoms. The number of carbonyl (C=O) groups excluding carboxylic acids is 1. The molecule has 5 nitrogen and oxygen atoms in total. The minimum absolute atomic E-state index is 0.242. The number of urea groups is 1. The maximum atomic E-state index is 11.7. The fourth-order valence-electron chi connectivity index (χ4n) is 1.82. The Hall–Kier alpha value is -1.14. The predicted octanol–water partition coefficient (Wildman–Crippen LogP) is 2.48. The van der Waals surface area contributed by atoms with Gasteiger partial charge < -0.3 is 15.7 Å². The lowest BCUT2D eigenvalue weighted by molar-refractivity contribution is 0.0477. The number of carbonyl (C=O) groups is 1. The number of hydrogen-bond donors (Lipinski definition) is 3. The summed E-state index contributed by atoms with van der Waals surface area (Å²) in [6.07, 6.45) is 4.20. The van der Waals surface area contributed by atoms with Crippen LogP contribution in [0.25, 0.3) is 0 Å².